The standard InChI is InChI=1S/C15H11F3N4O5S2/c1-2-21-13(11-4-3-7-27-11)19-20-14(21)28-12-6-5-9(8-10(12)22(23)24)29(25,26)15(16,17)18/h3-8H,2H2,1H3. The molecule has 0 spiro atoms. The molecule has 0 aliphatic carbocycles. The first-order valence-corrected chi connectivity index (χ1v) is 10.1. The summed E-state index contributed by atoms with van der Waals surface area (Å²) in [4.78, 5) is 9.08. The van der Waals surface area contributed by atoms with Crippen LogP contribution in [0.1, 0.15) is 6.92 Å². The largest absolute Gasteiger partial charge is 0.501 e. The van der Waals surface area contributed by atoms with Crippen molar-refractivity contribution in [3.63, 3.8) is 0 Å². The Morgan fingerprint density at radius 1 is 1.28 bits per heavy atom. The number of benzene rings is 1. The van der Waals surface area contributed by atoms with Crippen LogP contribution in [-0.4, -0.2) is 33.6 Å². The number of halogens is 3. The second-order valence-electron chi connectivity index (χ2n) is 5.47. The zero-order valence-corrected chi connectivity index (χ0v) is 16.1. The lowest BCUT2D eigenvalue weighted by atomic mass is 10.3. The number of hydrogen-bond acceptors (Lipinski definition) is 8. The molecule has 0 unspecified atom stereocenters. The van der Waals surface area contributed by atoms with Gasteiger partial charge in [-0.05, 0) is 43.0 Å². The first kappa shape index (κ1) is 20.9. The second-order valence-corrected chi connectivity index (χ2v) is 8.42. The zero-order chi connectivity index (χ0) is 21.4. The summed E-state index contributed by atoms with van der Waals surface area (Å²) < 4.78 is 68.2. The van der Waals surface area contributed by atoms with Gasteiger partial charge in [0.15, 0.2) is 16.7 Å². The van der Waals surface area contributed by atoms with E-state index in [0.29, 0.717) is 30.3 Å². The lowest BCUT2D eigenvalue weighted by molar-refractivity contribution is -0.388. The topological polar surface area (TPSA) is 121 Å². The third kappa shape index (κ3) is 3.85. The molecule has 0 bridgehead atoms. The fourth-order valence-electron chi connectivity index (χ4n) is 2.36. The lowest BCUT2D eigenvalue weighted by Gasteiger charge is -2.10. The minimum atomic E-state index is -5.72. The predicted molar refractivity (Wildman–Crippen MR) is 93.9 cm³/mol. The number of nitrogens with zero attached hydrogens (tertiary/aromatic N) is 4. The van der Waals surface area contributed by atoms with Gasteiger partial charge in [-0.25, -0.2) is 8.42 Å². The maximum atomic E-state index is 12.7. The lowest BCUT2D eigenvalue weighted by Crippen LogP contribution is -2.23. The van der Waals surface area contributed by atoms with Crippen molar-refractivity contribution in [1.29, 1.82) is 0 Å². The number of nitro groups is 1. The van der Waals surface area contributed by atoms with Crippen LogP contribution >= 0.6 is 11.8 Å². The van der Waals surface area contributed by atoms with Crippen LogP contribution in [0.5, 0.6) is 0 Å². The third-order valence-corrected chi connectivity index (χ3v) is 6.25. The summed E-state index contributed by atoms with van der Waals surface area (Å²) in [6, 6.07) is 5.26. The van der Waals surface area contributed by atoms with Crippen molar-refractivity contribution in [2.24, 2.45) is 0 Å². The molecule has 0 N–H and O–H groups in total. The molecule has 0 fully saturated rings. The maximum absolute atomic E-state index is 12.7. The van der Waals surface area contributed by atoms with Crippen LogP contribution < -0.4 is 0 Å². The van der Waals surface area contributed by atoms with E-state index < -0.39 is 30.9 Å². The maximum Gasteiger partial charge on any atom is 0.501 e. The van der Waals surface area contributed by atoms with Gasteiger partial charge in [0.2, 0.25) is 0 Å². The minimum absolute atomic E-state index is 0.0933. The summed E-state index contributed by atoms with van der Waals surface area (Å²) in [5.74, 6) is 0.770. The molecule has 2 heterocycles. The number of furan rings is 1. The van der Waals surface area contributed by atoms with Gasteiger partial charge in [0.05, 0.1) is 21.0 Å². The number of aromatic nitrogens is 3. The predicted octanol–water partition coefficient (Wildman–Crippen LogP) is 3.91. The Labute approximate surface area is 165 Å². The molecule has 29 heavy (non-hydrogen) atoms. The summed E-state index contributed by atoms with van der Waals surface area (Å²) in [5, 5.41) is 19.5. The van der Waals surface area contributed by atoms with E-state index in [0.717, 1.165) is 17.8 Å². The molecule has 9 nitrogen and oxygen atoms in total. The Bertz CT molecular complexity index is 1160. The molecule has 0 radical (unpaired) electrons. The number of hydrogen-bond donors (Lipinski definition) is 0. The van der Waals surface area contributed by atoms with Gasteiger partial charge in [-0.1, -0.05) is 0 Å². The van der Waals surface area contributed by atoms with E-state index in [1.807, 2.05) is 0 Å². The van der Waals surface area contributed by atoms with Gasteiger partial charge < -0.3 is 4.42 Å². The molecular weight excluding hydrogens is 437 g/mol. The van der Waals surface area contributed by atoms with Gasteiger partial charge >= 0.3 is 5.51 Å². The normalized spacial score (nSPS) is 12.3. The fraction of sp³-hybridized carbons (Fsp3) is 0.200. The smallest absolute Gasteiger partial charge is 0.461 e. The van der Waals surface area contributed by atoms with Crippen molar-refractivity contribution >= 4 is 27.3 Å². The van der Waals surface area contributed by atoms with Gasteiger partial charge in [-0.2, -0.15) is 13.2 Å². The SMILES string of the molecule is CCn1c(Sc2ccc(S(=O)(=O)C(F)(F)F)cc2[N+](=O)[O-])nnc1-c1ccco1. The molecule has 0 amide bonds. The van der Waals surface area contributed by atoms with Crippen molar-refractivity contribution in [2.75, 3.05) is 0 Å². The molecule has 1 aromatic carbocycles. The van der Waals surface area contributed by atoms with Gasteiger partial charge in [-0.3, -0.25) is 14.7 Å². The van der Waals surface area contributed by atoms with E-state index in [4.69, 9.17) is 4.42 Å². The average Bonchev–Trinajstić information content (AvgIpc) is 3.29. The van der Waals surface area contributed by atoms with Gasteiger partial charge in [-0.15, -0.1) is 10.2 Å². The molecule has 0 saturated heterocycles. The van der Waals surface area contributed by atoms with Crippen molar-refractivity contribution < 1.29 is 30.9 Å². The Morgan fingerprint density at radius 2 is 2.00 bits per heavy atom. The van der Waals surface area contributed by atoms with Gasteiger partial charge in [0, 0.05) is 12.6 Å². The highest BCUT2D eigenvalue weighted by molar-refractivity contribution is 7.99. The number of nitro benzene ring substituents is 1. The molecule has 14 heteroatoms. The highest BCUT2D eigenvalue weighted by atomic mass is 32.2. The van der Waals surface area contributed by atoms with Crippen LogP contribution in [0.4, 0.5) is 18.9 Å². The number of rotatable bonds is 6. The molecule has 154 valence electrons. The molecule has 3 aromatic rings. The summed E-state index contributed by atoms with van der Waals surface area (Å²) >= 11 is 0.769. The Hall–Kier alpha value is -2.87. The second kappa shape index (κ2) is 7.51. The quantitative estimate of drug-likeness (QED) is 0.411. The Balaban J connectivity index is 2.04. The van der Waals surface area contributed by atoms with Crippen LogP contribution in [0.15, 0.2) is 56.0 Å². The fourth-order valence-corrected chi connectivity index (χ4v) is 4.12. The highest BCUT2D eigenvalue weighted by Crippen LogP contribution is 2.39. The minimum Gasteiger partial charge on any atom is -0.461 e. The molecule has 0 aliphatic rings. The van der Waals surface area contributed by atoms with E-state index >= 15 is 0 Å². The van der Waals surface area contributed by atoms with E-state index in [-0.39, 0.29) is 10.1 Å². The Morgan fingerprint density at radius 3 is 2.55 bits per heavy atom. The van der Waals surface area contributed by atoms with Crippen molar-refractivity contribution in [2.45, 2.75) is 33.9 Å². The molecular formula is C15H11F3N4O5S2. The van der Waals surface area contributed by atoms with Crippen LogP contribution in [0.2, 0.25) is 0 Å². The summed E-state index contributed by atoms with van der Waals surface area (Å²) in [6.07, 6.45) is 1.43. The molecule has 2 aromatic heterocycles. The molecule has 3 rings (SSSR count). The van der Waals surface area contributed by atoms with E-state index in [1.165, 1.54) is 6.26 Å². The van der Waals surface area contributed by atoms with Crippen molar-refractivity contribution in [3.05, 3.63) is 46.7 Å². The van der Waals surface area contributed by atoms with E-state index in [2.05, 4.69) is 10.2 Å². The van der Waals surface area contributed by atoms with Gasteiger partial charge in [0.25, 0.3) is 15.5 Å². The highest BCUT2D eigenvalue weighted by Gasteiger charge is 2.47. The van der Waals surface area contributed by atoms with Crippen LogP contribution in [0, 0.1) is 10.1 Å². The van der Waals surface area contributed by atoms with E-state index in [9.17, 15) is 31.7 Å². The van der Waals surface area contributed by atoms with Crippen LogP contribution in [0.25, 0.3) is 11.6 Å². The summed E-state index contributed by atoms with van der Waals surface area (Å²) in [5.41, 5.74) is -6.37. The summed E-state index contributed by atoms with van der Waals surface area (Å²) in [6.45, 7) is 2.15. The molecule has 0 atom stereocenters. The monoisotopic (exact) mass is 448 g/mol. The molecule has 0 aliphatic heterocycles. The Kier molecular flexibility index (Phi) is 5.40. The van der Waals surface area contributed by atoms with Gasteiger partial charge in [0.1, 0.15) is 0 Å². The van der Waals surface area contributed by atoms with E-state index in [1.54, 1.807) is 23.6 Å². The number of sulfone groups is 1. The first-order valence-electron chi connectivity index (χ1n) is 7.81. The zero-order valence-electron chi connectivity index (χ0n) is 14.5. The average molecular weight is 448 g/mol. The molecule has 0 saturated carbocycles. The third-order valence-electron chi connectivity index (χ3n) is 3.72. The van der Waals surface area contributed by atoms with Crippen LogP contribution in [-0.2, 0) is 16.4 Å². The summed E-state index contributed by atoms with van der Waals surface area (Å²) in [7, 11) is -5.72. The van der Waals surface area contributed by atoms with Crippen molar-refractivity contribution in [3.8, 4) is 11.6 Å². The first-order chi connectivity index (χ1) is 13.6. The van der Waals surface area contributed by atoms with Crippen molar-refractivity contribution in [1.82, 2.24) is 14.8 Å². The number of alkyl halides is 3. The van der Waals surface area contributed by atoms with Crippen LogP contribution in [0.3, 0.4) is 0 Å².